The molecule has 2 aliphatic heterocycles. The molecule has 0 aliphatic carbocycles. The maximum atomic E-state index is 12.6. The van der Waals surface area contributed by atoms with E-state index in [4.69, 9.17) is 14.2 Å². The zero-order valence-corrected chi connectivity index (χ0v) is 17.9. The fourth-order valence-electron chi connectivity index (χ4n) is 3.46. The zero-order chi connectivity index (χ0) is 19.9. The average molecular weight is 452 g/mol. The Balaban J connectivity index is 1.63. The summed E-state index contributed by atoms with van der Waals surface area (Å²) in [6.45, 7) is 6.36. The number of nitrogens with zero attached hydrogens (tertiary/aromatic N) is 1. The molecule has 0 N–H and O–H groups in total. The molecule has 2 heterocycles. The van der Waals surface area contributed by atoms with Gasteiger partial charge < -0.3 is 0 Å². The van der Waals surface area contributed by atoms with Gasteiger partial charge in [0.2, 0.25) is 0 Å². The molecule has 6 nitrogen and oxygen atoms in total. The third-order valence-corrected chi connectivity index (χ3v) is 7.13. The SMILES string of the molecule is C=C(CN1C(=O)C[C@H](OC(C)=O)[C@@H]1C[Se]c1ccccc1)OC1CCCCO1. The van der Waals surface area contributed by atoms with Gasteiger partial charge in [-0.1, -0.05) is 0 Å². The molecule has 2 aliphatic rings. The van der Waals surface area contributed by atoms with Crippen molar-refractivity contribution in [1.29, 1.82) is 0 Å². The van der Waals surface area contributed by atoms with Gasteiger partial charge in [-0.25, -0.2) is 0 Å². The van der Waals surface area contributed by atoms with E-state index in [0.29, 0.717) is 18.9 Å². The van der Waals surface area contributed by atoms with Crippen LogP contribution in [0.2, 0.25) is 5.32 Å². The number of ether oxygens (including phenoxy) is 3. The summed E-state index contributed by atoms with van der Waals surface area (Å²) in [6, 6.07) is 10.0. The third kappa shape index (κ3) is 5.84. The first kappa shape index (κ1) is 20.9. The molecule has 7 heteroatoms. The van der Waals surface area contributed by atoms with E-state index in [-0.39, 0.29) is 45.6 Å². The summed E-state index contributed by atoms with van der Waals surface area (Å²) in [5.74, 6) is 0.123. The molecule has 152 valence electrons. The van der Waals surface area contributed by atoms with Crippen molar-refractivity contribution in [1.82, 2.24) is 4.90 Å². The standard InChI is InChI=1S/C21H27NO5Se/c1-15(26-21-10-6-7-11-25-21)13-22-18(14-28-17-8-4-3-5-9-17)19(12-20(22)24)27-16(2)23/h3-5,8-9,18-19,21H,1,6-7,10-14H2,2H3/t18-,19-,21?/m0/s1. The Morgan fingerprint density at radius 3 is 2.75 bits per heavy atom. The summed E-state index contributed by atoms with van der Waals surface area (Å²) in [5.41, 5.74) is 0. The minimum atomic E-state index is -0.422. The van der Waals surface area contributed by atoms with Gasteiger partial charge >= 0.3 is 172 Å². The Morgan fingerprint density at radius 1 is 1.29 bits per heavy atom. The molecule has 3 rings (SSSR count). The van der Waals surface area contributed by atoms with Crippen LogP contribution in [0.4, 0.5) is 0 Å². The van der Waals surface area contributed by atoms with Crippen molar-refractivity contribution in [3.63, 3.8) is 0 Å². The molecule has 3 atom stereocenters. The normalized spacial score (nSPS) is 24.8. The summed E-state index contributed by atoms with van der Waals surface area (Å²) in [5, 5.41) is 0.772. The van der Waals surface area contributed by atoms with Crippen molar-refractivity contribution in [2.75, 3.05) is 13.2 Å². The molecule has 1 aromatic carbocycles. The number of esters is 1. The fourth-order valence-corrected chi connectivity index (χ4v) is 5.79. The Hall–Kier alpha value is -1.82. The molecular formula is C21H27NO5Se. The van der Waals surface area contributed by atoms with Crippen LogP contribution in [0.5, 0.6) is 0 Å². The van der Waals surface area contributed by atoms with Gasteiger partial charge in [0.05, 0.1) is 0 Å². The molecule has 0 bridgehead atoms. The van der Waals surface area contributed by atoms with Crippen molar-refractivity contribution in [2.45, 2.75) is 56.4 Å². The molecular weight excluding hydrogens is 425 g/mol. The Labute approximate surface area is 172 Å². The number of carbonyl (C=O) groups excluding carboxylic acids is 2. The number of carbonyl (C=O) groups is 2. The van der Waals surface area contributed by atoms with Crippen molar-refractivity contribution >= 4 is 31.3 Å². The van der Waals surface area contributed by atoms with Gasteiger partial charge in [0.25, 0.3) is 0 Å². The quantitative estimate of drug-likeness (QED) is 0.343. The third-order valence-electron chi connectivity index (χ3n) is 4.79. The van der Waals surface area contributed by atoms with Crippen LogP contribution >= 0.6 is 0 Å². The maximum absolute atomic E-state index is 12.6. The molecule has 0 spiro atoms. The predicted octanol–water partition coefficient (Wildman–Crippen LogP) is 2.02. The van der Waals surface area contributed by atoms with Gasteiger partial charge in [-0.2, -0.15) is 0 Å². The van der Waals surface area contributed by atoms with E-state index >= 15 is 0 Å². The molecule has 2 saturated heterocycles. The zero-order valence-electron chi connectivity index (χ0n) is 16.2. The van der Waals surface area contributed by atoms with Crippen LogP contribution in [0.25, 0.3) is 0 Å². The van der Waals surface area contributed by atoms with E-state index in [1.807, 2.05) is 18.2 Å². The van der Waals surface area contributed by atoms with Crippen LogP contribution in [0.3, 0.4) is 0 Å². The second-order valence-corrected chi connectivity index (χ2v) is 9.31. The van der Waals surface area contributed by atoms with Crippen LogP contribution in [0.15, 0.2) is 42.7 Å². The molecule has 28 heavy (non-hydrogen) atoms. The summed E-state index contributed by atoms with van der Waals surface area (Å²) in [7, 11) is 0. The first-order chi connectivity index (χ1) is 13.5. The van der Waals surface area contributed by atoms with Crippen molar-refractivity contribution < 1.29 is 23.8 Å². The Kier molecular flexibility index (Phi) is 7.54. The van der Waals surface area contributed by atoms with Crippen molar-refractivity contribution in [3.05, 3.63) is 42.7 Å². The second kappa shape index (κ2) is 10.1. The predicted molar refractivity (Wildman–Crippen MR) is 106 cm³/mol. The van der Waals surface area contributed by atoms with E-state index in [1.165, 1.54) is 11.4 Å². The first-order valence-corrected chi connectivity index (χ1v) is 11.7. The number of amides is 1. The van der Waals surface area contributed by atoms with E-state index in [9.17, 15) is 9.59 Å². The molecule has 0 aromatic heterocycles. The molecule has 0 radical (unpaired) electrons. The number of hydrogen-bond donors (Lipinski definition) is 0. The molecule has 0 saturated carbocycles. The first-order valence-electron chi connectivity index (χ1n) is 9.63. The Morgan fingerprint density at radius 2 is 2.07 bits per heavy atom. The van der Waals surface area contributed by atoms with E-state index in [2.05, 4.69) is 18.7 Å². The van der Waals surface area contributed by atoms with Gasteiger partial charge in [0, 0.05) is 0 Å². The Bertz CT molecular complexity index is 689. The van der Waals surface area contributed by atoms with Gasteiger partial charge in [-0.15, -0.1) is 0 Å². The van der Waals surface area contributed by atoms with Gasteiger partial charge in [0.15, 0.2) is 0 Å². The van der Waals surface area contributed by atoms with E-state index < -0.39 is 6.10 Å². The monoisotopic (exact) mass is 453 g/mol. The topological polar surface area (TPSA) is 65.1 Å². The second-order valence-electron chi connectivity index (χ2n) is 7.02. The molecule has 1 aromatic rings. The molecule has 1 amide bonds. The van der Waals surface area contributed by atoms with Crippen molar-refractivity contribution in [2.24, 2.45) is 0 Å². The number of likely N-dealkylation sites (tertiary alicyclic amines) is 1. The number of rotatable bonds is 8. The average Bonchev–Trinajstić information content (AvgIpc) is 2.95. The summed E-state index contributed by atoms with van der Waals surface area (Å²) < 4.78 is 18.1. The van der Waals surface area contributed by atoms with Crippen LogP contribution in [-0.4, -0.2) is 63.3 Å². The van der Waals surface area contributed by atoms with E-state index in [0.717, 1.165) is 24.6 Å². The van der Waals surface area contributed by atoms with Crippen LogP contribution in [-0.2, 0) is 23.8 Å². The number of benzene rings is 1. The van der Waals surface area contributed by atoms with Crippen LogP contribution in [0.1, 0.15) is 32.6 Å². The minimum absolute atomic E-state index is 0.0329. The fraction of sp³-hybridized carbons (Fsp3) is 0.524. The van der Waals surface area contributed by atoms with E-state index in [1.54, 1.807) is 4.90 Å². The van der Waals surface area contributed by atoms with Gasteiger partial charge in [-0.3, -0.25) is 0 Å². The van der Waals surface area contributed by atoms with Crippen molar-refractivity contribution in [3.8, 4) is 0 Å². The number of hydrogen-bond acceptors (Lipinski definition) is 5. The molecule has 1 unspecified atom stereocenters. The van der Waals surface area contributed by atoms with Crippen LogP contribution in [0, 0.1) is 0 Å². The van der Waals surface area contributed by atoms with Gasteiger partial charge in [-0.05, 0) is 0 Å². The van der Waals surface area contributed by atoms with Crippen LogP contribution < -0.4 is 4.46 Å². The summed E-state index contributed by atoms with van der Waals surface area (Å²) in [6.07, 6.45) is 2.46. The van der Waals surface area contributed by atoms with Gasteiger partial charge in [0.1, 0.15) is 0 Å². The summed E-state index contributed by atoms with van der Waals surface area (Å²) in [4.78, 5) is 25.9. The summed E-state index contributed by atoms with van der Waals surface area (Å²) >= 11 is 0.169. The molecule has 2 fully saturated rings.